The zero-order chi connectivity index (χ0) is 21.6. The van der Waals surface area contributed by atoms with Crippen LogP contribution in [0.15, 0.2) is 36.4 Å². The summed E-state index contributed by atoms with van der Waals surface area (Å²) in [6, 6.07) is 9.57. The van der Waals surface area contributed by atoms with E-state index in [9.17, 15) is 13.2 Å². The van der Waals surface area contributed by atoms with Crippen LogP contribution in [-0.4, -0.2) is 41.3 Å². The van der Waals surface area contributed by atoms with E-state index in [1.54, 1.807) is 36.4 Å². The molecule has 29 heavy (non-hydrogen) atoms. The summed E-state index contributed by atoms with van der Waals surface area (Å²) < 4.78 is 35.9. The molecule has 0 saturated heterocycles. The maximum Gasteiger partial charge on any atom is 0.232 e. The molecule has 0 radical (unpaired) electrons. The van der Waals surface area contributed by atoms with Crippen molar-refractivity contribution in [2.24, 2.45) is 0 Å². The quantitative estimate of drug-likeness (QED) is 0.605. The summed E-state index contributed by atoms with van der Waals surface area (Å²) in [5, 5.41) is 3.60. The van der Waals surface area contributed by atoms with Gasteiger partial charge in [0.05, 0.1) is 36.9 Å². The molecule has 0 bridgehead atoms. The number of carbonyl (C=O) groups excluding carboxylic acids is 1. The van der Waals surface area contributed by atoms with Crippen LogP contribution in [0.3, 0.4) is 0 Å². The molecule has 0 aromatic heterocycles. The summed E-state index contributed by atoms with van der Waals surface area (Å²) >= 11 is 11.9. The predicted molar refractivity (Wildman–Crippen MR) is 116 cm³/mol. The number of carbonyl (C=O) groups is 1. The van der Waals surface area contributed by atoms with Crippen LogP contribution in [0.5, 0.6) is 11.5 Å². The molecule has 0 aliphatic rings. The van der Waals surface area contributed by atoms with Crippen molar-refractivity contribution in [3.05, 3.63) is 46.4 Å². The predicted octanol–water partition coefficient (Wildman–Crippen LogP) is 4.20. The van der Waals surface area contributed by atoms with Crippen molar-refractivity contribution in [3.8, 4) is 11.5 Å². The highest BCUT2D eigenvalue weighted by Gasteiger charge is 2.18. The molecule has 0 fully saturated rings. The summed E-state index contributed by atoms with van der Waals surface area (Å²) in [5.74, 6) is 0.495. The minimum atomic E-state index is -3.50. The van der Waals surface area contributed by atoms with Crippen LogP contribution in [0.25, 0.3) is 0 Å². The first-order valence-corrected chi connectivity index (χ1v) is 11.2. The lowest BCUT2D eigenvalue weighted by atomic mass is 10.2. The van der Waals surface area contributed by atoms with E-state index >= 15 is 0 Å². The monoisotopic (exact) mass is 460 g/mol. The SMILES string of the molecule is COc1cc(NC(=O)CCCN(c2ccc(Cl)cc2)S(C)(=O)=O)c(OC)cc1Cl. The van der Waals surface area contributed by atoms with Gasteiger partial charge in [0, 0.05) is 30.1 Å². The Morgan fingerprint density at radius 2 is 1.69 bits per heavy atom. The standard InChI is InChI=1S/C19H22Cl2N2O5S/c1-27-17-12-16(18(28-2)11-15(17)21)22-19(24)5-4-10-23(29(3,25)26)14-8-6-13(20)7-9-14/h6-9,11-12H,4-5,10H2,1-3H3,(H,22,24). The number of amides is 1. The van der Waals surface area contributed by atoms with Crippen molar-refractivity contribution in [1.29, 1.82) is 0 Å². The van der Waals surface area contributed by atoms with Gasteiger partial charge in [0.2, 0.25) is 15.9 Å². The fraction of sp³-hybridized carbons (Fsp3) is 0.316. The number of hydrogen-bond acceptors (Lipinski definition) is 5. The van der Waals surface area contributed by atoms with Crippen LogP contribution in [0.2, 0.25) is 10.0 Å². The first kappa shape index (κ1) is 23.1. The molecule has 158 valence electrons. The topological polar surface area (TPSA) is 84.9 Å². The largest absolute Gasteiger partial charge is 0.495 e. The van der Waals surface area contributed by atoms with E-state index in [0.717, 1.165) is 6.26 Å². The number of benzene rings is 2. The number of nitrogens with one attached hydrogen (secondary N) is 1. The van der Waals surface area contributed by atoms with Gasteiger partial charge in [-0.05, 0) is 30.7 Å². The van der Waals surface area contributed by atoms with Crippen LogP contribution in [0, 0.1) is 0 Å². The lowest BCUT2D eigenvalue weighted by Gasteiger charge is -2.22. The molecule has 0 aliphatic heterocycles. The molecule has 0 spiro atoms. The van der Waals surface area contributed by atoms with Crippen molar-refractivity contribution in [1.82, 2.24) is 0 Å². The Morgan fingerprint density at radius 1 is 1.07 bits per heavy atom. The highest BCUT2D eigenvalue weighted by molar-refractivity contribution is 7.92. The maximum absolute atomic E-state index is 12.4. The van der Waals surface area contributed by atoms with E-state index in [-0.39, 0.29) is 18.9 Å². The van der Waals surface area contributed by atoms with Crippen molar-refractivity contribution in [3.63, 3.8) is 0 Å². The van der Waals surface area contributed by atoms with Gasteiger partial charge in [0.15, 0.2) is 0 Å². The lowest BCUT2D eigenvalue weighted by molar-refractivity contribution is -0.116. The summed E-state index contributed by atoms with van der Waals surface area (Å²) in [6.45, 7) is 0.148. The number of methoxy groups -OCH3 is 2. The van der Waals surface area contributed by atoms with Gasteiger partial charge in [-0.2, -0.15) is 0 Å². The number of nitrogens with zero attached hydrogens (tertiary/aromatic N) is 1. The van der Waals surface area contributed by atoms with Gasteiger partial charge >= 0.3 is 0 Å². The van der Waals surface area contributed by atoms with Gasteiger partial charge in [-0.25, -0.2) is 8.42 Å². The maximum atomic E-state index is 12.4. The second-order valence-corrected chi connectivity index (χ2v) is 8.90. The molecule has 1 amide bonds. The number of hydrogen-bond donors (Lipinski definition) is 1. The third-order valence-corrected chi connectivity index (χ3v) is 5.77. The first-order valence-electron chi connectivity index (χ1n) is 8.60. The molecule has 10 heteroatoms. The number of ether oxygens (including phenoxy) is 2. The zero-order valence-electron chi connectivity index (χ0n) is 16.2. The minimum Gasteiger partial charge on any atom is -0.495 e. The van der Waals surface area contributed by atoms with Crippen molar-refractivity contribution in [2.45, 2.75) is 12.8 Å². The van der Waals surface area contributed by atoms with Gasteiger partial charge < -0.3 is 14.8 Å². The fourth-order valence-electron chi connectivity index (χ4n) is 2.65. The smallest absolute Gasteiger partial charge is 0.232 e. The number of halogens is 2. The Morgan fingerprint density at radius 3 is 2.24 bits per heavy atom. The average molecular weight is 461 g/mol. The molecule has 0 aliphatic carbocycles. The summed E-state index contributed by atoms with van der Waals surface area (Å²) in [4.78, 5) is 12.4. The molecule has 0 saturated carbocycles. The van der Waals surface area contributed by atoms with Crippen LogP contribution >= 0.6 is 23.2 Å². The molecule has 1 N–H and O–H groups in total. The van der Waals surface area contributed by atoms with Gasteiger partial charge in [0.1, 0.15) is 11.5 Å². The van der Waals surface area contributed by atoms with E-state index in [4.69, 9.17) is 32.7 Å². The molecule has 2 rings (SSSR count). The normalized spacial score (nSPS) is 11.1. The highest BCUT2D eigenvalue weighted by atomic mass is 35.5. The third-order valence-electron chi connectivity index (χ3n) is 4.03. The Bertz CT molecular complexity index is 965. The molecular weight excluding hydrogens is 439 g/mol. The van der Waals surface area contributed by atoms with Gasteiger partial charge in [0.25, 0.3) is 0 Å². The average Bonchev–Trinajstić information content (AvgIpc) is 2.66. The lowest BCUT2D eigenvalue weighted by Crippen LogP contribution is -2.31. The number of sulfonamides is 1. The van der Waals surface area contributed by atoms with Crippen LogP contribution in [0.1, 0.15) is 12.8 Å². The molecule has 0 unspecified atom stereocenters. The van der Waals surface area contributed by atoms with Crippen LogP contribution < -0.4 is 19.1 Å². The second kappa shape index (κ2) is 10.0. The van der Waals surface area contributed by atoms with Gasteiger partial charge in [-0.1, -0.05) is 23.2 Å². The van der Waals surface area contributed by atoms with Crippen molar-refractivity contribution >= 4 is 50.5 Å². The second-order valence-electron chi connectivity index (χ2n) is 6.15. The summed E-state index contributed by atoms with van der Waals surface area (Å²) in [5.41, 5.74) is 0.901. The van der Waals surface area contributed by atoms with Gasteiger partial charge in [-0.15, -0.1) is 0 Å². The first-order chi connectivity index (χ1) is 13.7. The van der Waals surface area contributed by atoms with Crippen LogP contribution in [-0.2, 0) is 14.8 Å². The molecular formula is C19H22Cl2N2O5S. The van der Waals surface area contributed by atoms with E-state index in [1.165, 1.54) is 18.5 Å². The Balaban J connectivity index is 2.04. The Hall–Kier alpha value is -2.16. The molecule has 0 atom stereocenters. The number of anilines is 2. The van der Waals surface area contributed by atoms with E-state index in [2.05, 4.69) is 5.32 Å². The van der Waals surface area contributed by atoms with Crippen LogP contribution in [0.4, 0.5) is 11.4 Å². The molecule has 7 nitrogen and oxygen atoms in total. The van der Waals surface area contributed by atoms with Crippen molar-refractivity contribution < 1.29 is 22.7 Å². The summed E-state index contributed by atoms with van der Waals surface area (Å²) in [6.07, 6.45) is 1.54. The van der Waals surface area contributed by atoms with E-state index < -0.39 is 10.0 Å². The molecule has 2 aromatic carbocycles. The minimum absolute atomic E-state index is 0.105. The van der Waals surface area contributed by atoms with E-state index in [1.807, 2.05) is 0 Å². The highest BCUT2D eigenvalue weighted by Crippen LogP contribution is 2.36. The third kappa shape index (κ3) is 6.42. The van der Waals surface area contributed by atoms with E-state index in [0.29, 0.717) is 39.3 Å². The molecule has 2 aromatic rings. The van der Waals surface area contributed by atoms with Crippen molar-refractivity contribution in [2.75, 3.05) is 36.6 Å². The zero-order valence-corrected chi connectivity index (χ0v) is 18.6. The number of rotatable bonds is 9. The Labute approximate surface area is 180 Å². The summed E-state index contributed by atoms with van der Waals surface area (Å²) in [7, 11) is -0.574. The fourth-order valence-corrected chi connectivity index (χ4v) is 3.97. The molecule has 0 heterocycles. The Kier molecular flexibility index (Phi) is 8.01. The van der Waals surface area contributed by atoms with Gasteiger partial charge in [-0.3, -0.25) is 9.10 Å².